The number of hydrogen-bond donors (Lipinski definition) is 0. The van der Waals surface area contributed by atoms with Crippen molar-refractivity contribution in [2.24, 2.45) is 9.98 Å². The Morgan fingerprint density at radius 3 is 2.51 bits per heavy atom. The fraction of sp³-hybridized carbons (Fsp3) is 0.294. The molecule has 2 heterocycles. The topological polar surface area (TPSA) is 109 Å². The zero-order valence-corrected chi connectivity index (χ0v) is 27.0. The van der Waals surface area contributed by atoms with Gasteiger partial charge >= 0.3 is 12.4 Å². The van der Waals surface area contributed by atoms with Crippen LogP contribution in [0.25, 0.3) is 17.1 Å². The number of ether oxygens (including phenoxy) is 1. The van der Waals surface area contributed by atoms with Gasteiger partial charge in [-0.2, -0.15) is 10.3 Å². The molecular weight excluding hydrogens is 627 g/mol. The number of anilines is 1. The number of thioether (sulfide) groups is 1. The lowest BCUT2D eigenvalue weighted by molar-refractivity contribution is -0.274. The summed E-state index contributed by atoms with van der Waals surface area (Å²) < 4.78 is 42.7. The number of alkyl halides is 3. The van der Waals surface area contributed by atoms with Crippen LogP contribution in [0, 0.1) is 18.3 Å². The molecule has 2 amide bonds. The molecule has 0 aliphatic carbocycles. The number of urea groups is 1. The number of amidine groups is 1. The first kappa shape index (κ1) is 33.4. The van der Waals surface area contributed by atoms with E-state index in [0.717, 1.165) is 17.9 Å². The second-order valence-corrected chi connectivity index (χ2v) is 12.3. The van der Waals surface area contributed by atoms with Crippen LogP contribution in [0.4, 0.5) is 23.7 Å². The number of carbonyl (C=O) groups excluding carboxylic acids is 1. The molecule has 2 unspecified atom stereocenters. The van der Waals surface area contributed by atoms with Crippen LogP contribution in [0.5, 0.6) is 5.75 Å². The van der Waals surface area contributed by atoms with Crippen molar-refractivity contribution in [2.75, 3.05) is 10.7 Å². The van der Waals surface area contributed by atoms with Gasteiger partial charge in [-0.25, -0.2) is 19.5 Å². The van der Waals surface area contributed by atoms with E-state index in [1.807, 2.05) is 6.07 Å². The molecule has 1 aromatic heterocycles. The Bertz CT molecular complexity index is 1830. The molecule has 4 aromatic rings. The molecule has 0 radical (unpaired) electrons. The summed E-state index contributed by atoms with van der Waals surface area (Å²) in [5.41, 5.74) is 5.20. The van der Waals surface area contributed by atoms with E-state index in [1.54, 1.807) is 24.3 Å². The van der Waals surface area contributed by atoms with E-state index in [-0.39, 0.29) is 17.7 Å². The zero-order valence-electron chi connectivity index (χ0n) is 26.1. The number of carbonyl (C=O) groups is 1. The Balaban J connectivity index is 1.29. The van der Waals surface area contributed by atoms with E-state index in [0.29, 0.717) is 27.8 Å². The number of aliphatic imine (C=N–C) groups is 2. The van der Waals surface area contributed by atoms with Gasteiger partial charge in [-0.05, 0) is 73.2 Å². The number of amides is 2. The van der Waals surface area contributed by atoms with Crippen molar-refractivity contribution in [3.8, 4) is 28.9 Å². The second-order valence-electron chi connectivity index (χ2n) is 11.3. The molecule has 13 heteroatoms. The highest BCUT2D eigenvalue weighted by atomic mass is 32.2. The van der Waals surface area contributed by atoms with Gasteiger partial charge < -0.3 is 9.64 Å². The SMILES string of the molecule is Cc1cccc(N2C(=NC(=O)N=CC(C#N)c3ccc(-c4ncn(-c5ccc(OC(F)(F)F)cc5)n4)cc3)SCCC2C)c1C(C)C. The van der Waals surface area contributed by atoms with E-state index in [1.165, 1.54) is 64.4 Å². The predicted octanol–water partition coefficient (Wildman–Crippen LogP) is 8.45. The normalized spacial score (nSPS) is 16.9. The van der Waals surface area contributed by atoms with E-state index < -0.39 is 18.3 Å². The van der Waals surface area contributed by atoms with Crippen molar-refractivity contribution in [3.05, 3.63) is 89.7 Å². The van der Waals surface area contributed by atoms with Crippen molar-refractivity contribution in [3.63, 3.8) is 0 Å². The molecule has 2 atom stereocenters. The van der Waals surface area contributed by atoms with Gasteiger partial charge in [0.25, 0.3) is 0 Å². The van der Waals surface area contributed by atoms with Crippen LogP contribution in [-0.4, -0.2) is 50.3 Å². The highest BCUT2D eigenvalue weighted by Gasteiger charge is 2.31. The van der Waals surface area contributed by atoms with E-state index in [9.17, 15) is 23.2 Å². The number of aryl methyl sites for hydroxylation is 1. The van der Waals surface area contributed by atoms with Gasteiger partial charge in [0.1, 0.15) is 18.0 Å². The Morgan fingerprint density at radius 2 is 1.85 bits per heavy atom. The van der Waals surface area contributed by atoms with Crippen molar-refractivity contribution in [2.45, 2.75) is 58.4 Å². The van der Waals surface area contributed by atoms with Crippen molar-refractivity contribution < 1.29 is 22.7 Å². The standard InChI is InChI=1S/C34H32F3N7O2S/c1-21(2)30-22(3)6-5-7-29(30)44-23(4)16-17-47-33(44)41-32(45)39-19-26(18-38)24-8-10-25(11-9-24)31-40-20-43(42-31)27-12-14-28(15-13-27)46-34(35,36)37/h5-15,19-21,23,26H,16-17H2,1-4H3. The summed E-state index contributed by atoms with van der Waals surface area (Å²) >= 11 is 1.52. The van der Waals surface area contributed by atoms with Gasteiger partial charge in [-0.1, -0.05) is 62.0 Å². The number of benzene rings is 3. The Morgan fingerprint density at radius 1 is 1.13 bits per heavy atom. The van der Waals surface area contributed by atoms with Gasteiger partial charge in [0, 0.05) is 29.3 Å². The number of nitrogens with zero attached hydrogens (tertiary/aromatic N) is 7. The fourth-order valence-electron chi connectivity index (χ4n) is 5.36. The third kappa shape index (κ3) is 8.07. The quantitative estimate of drug-likeness (QED) is 0.183. The van der Waals surface area contributed by atoms with Crippen LogP contribution >= 0.6 is 11.8 Å². The Labute approximate surface area is 274 Å². The molecule has 1 fully saturated rings. The highest BCUT2D eigenvalue weighted by molar-refractivity contribution is 8.14. The summed E-state index contributed by atoms with van der Waals surface area (Å²) in [5.74, 6) is 0.360. The molecule has 3 aromatic carbocycles. The van der Waals surface area contributed by atoms with Crippen LogP contribution in [0.3, 0.4) is 0 Å². The third-order valence-corrected chi connectivity index (χ3v) is 8.56. The van der Waals surface area contributed by atoms with E-state index >= 15 is 0 Å². The average molecular weight is 660 g/mol. The Hall–Kier alpha value is -4.96. The maximum absolute atomic E-state index is 13.0. The minimum Gasteiger partial charge on any atom is -0.406 e. The average Bonchev–Trinajstić information content (AvgIpc) is 3.52. The molecule has 1 aliphatic rings. The summed E-state index contributed by atoms with van der Waals surface area (Å²) in [6, 6.07) is 20.0. The molecule has 0 bridgehead atoms. The minimum atomic E-state index is -4.77. The zero-order chi connectivity index (χ0) is 33.7. The van der Waals surface area contributed by atoms with Gasteiger partial charge in [-0.15, -0.1) is 18.3 Å². The molecular formula is C34H32F3N7O2S. The van der Waals surface area contributed by atoms with Crippen molar-refractivity contribution in [1.82, 2.24) is 14.8 Å². The lowest BCUT2D eigenvalue weighted by Crippen LogP contribution is -2.42. The molecule has 0 saturated carbocycles. The monoisotopic (exact) mass is 659 g/mol. The summed E-state index contributed by atoms with van der Waals surface area (Å²) in [5, 5.41) is 14.8. The molecule has 0 N–H and O–H groups in total. The predicted molar refractivity (Wildman–Crippen MR) is 177 cm³/mol. The largest absolute Gasteiger partial charge is 0.573 e. The minimum absolute atomic E-state index is 0.149. The number of nitriles is 1. The van der Waals surface area contributed by atoms with Crippen LogP contribution in [0.2, 0.25) is 0 Å². The smallest absolute Gasteiger partial charge is 0.406 e. The van der Waals surface area contributed by atoms with E-state index in [4.69, 9.17) is 0 Å². The third-order valence-electron chi connectivity index (χ3n) is 7.57. The van der Waals surface area contributed by atoms with Gasteiger partial charge in [0.2, 0.25) is 0 Å². The highest BCUT2D eigenvalue weighted by Crippen LogP contribution is 2.36. The van der Waals surface area contributed by atoms with Crippen molar-refractivity contribution in [1.29, 1.82) is 5.26 Å². The number of rotatable bonds is 7. The number of aromatic nitrogens is 3. The number of hydrogen-bond acceptors (Lipinski definition) is 6. The van der Waals surface area contributed by atoms with Gasteiger partial charge in [0.15, 0.2) is 11.0 Å². The lowest BCUT2D eigenvalue weighted by atomic mass is 9.95. The van der Waals surface area contributed by atoms with Crippen LogP contribution in [-0.2, 0) is 0 Å². The summed E-state index contributed by atoms with van der Waals surface area (Å²) in [6.07, 6.45) is -1.09. The van der Waals surface area contributed by atoms with Crippen LogP contribution in [0.15, 0.2) is 83.0 Å². The maximum atomic E-state index is 13.0. The summed E-state index contributed by atoms with van der Waals surface area (Å²) in [4.78, 5) is 27.8. The fourth-order valence-corrected chi connectivity index (χ4v) is 6.57. The summed E-state index contributed by atoms with van der Waals surface area (Å²) in [7, 11) is 0. The second kappa shape index (κ2) is 14.2. The Kier molecular flexibility index (Phi) is 10.1. The van der Waals surface area contributed by atoms with Gasteiger partial charge in [0.05, 0.1) is 11.8 Å². The van der Waals surface area contributed by atoms with Crippen LogP contribution < -0.4 is 9.64 Å². The number of halogens is 3. The first-order valence-corrected chi connectivity index (χ1v) is 15.9. The molecule has 0 spiro atoms. The maximum Gasteiger partial charge on any atom is 0.573 e. The first-order valence-electron chi connectivity index (χ1n) is 14.9. The summed E-state index contributed by atoms with van der Waals surface area (Å²) in [6.45, 7) is 8.52. The van der Waals surface area contributed by atoms with Crippen molar-refractivity contribution >= 4 is 34.9 Å². The van der Waals surface area contributed by atoms with E-state index in [2.05, 4.69) is 75.6 Å². The van der Waals surface area contributed by atoms with Crippen LogP contribution in [0.1, 0.15) is 55.7 Å². The lowest BCUT2D eigenvalue weighted by Gasteiger charge is -2.37. The molecule has 242 valence electrons. The molecule has 1 aliphatic heterocycles. The molecule has 1 saturated heterocycles. The molecule has 5 rings (SSSR count). The molecule has 9 nitrogen and oxygen atoms in total. The van der Waals surface area contributed by atoms with Gasteiger partial charge in [-0.3, -0.25) is 0 Å². The molecule has 47 heavy (non-hydrogen) atoms. The first-order chi connectivity index (χ1) is 22.4.